The van der Waals surface area contributed by atoms with Gasteiger partial charge in [-0.25, -0.2) is 4.79 Å². The third kappa shape index (κ3) is 6.14. The highest BCUT2D eigenvalue weighted by molar-refractivity contribution is 7.99. The maximum Gasteiger partial charge on any atom is 0.409 e. The van der Waals surface area contributed by atoms with E-state index in [2.05, 4.69) is 37.4 Å². The van der Waals surface area contributed by atoms with Gasteiger partial charge in [0.05, 0.1) is 12.4 Å². The van der Waals surface area contributed by atoms with Crippen molar-refractivity contribution >= 4 is 23.8 Å². The number of hydrogen-bond donors (Lipinski definition) is 1. The first-order valence-corrected chi connectivity index (χ1v) is 9.03. The summed E-state index contributed by atoms with van der Waals surface area (Å²) in [5, 5.41) is 2.85. The van der Waals surface area contributed by atoms with Crippen LogP contribution < -0.4 is 5.32 Å². The number of carbonyl (C=O) groups excluding carboxylic acids is 2. The van der Waals surface area contributed by atoms with Crippen molar-refractivity contribution in [1.82, 2.24) is 10.2 Å². The lowest BCUT2D eigenvalue weighted by Gasteiger charge is -2.26. The molecule has 2 rings (SSSR count). The van der Waals surface area contributed by atoms with Crippen LogP contribution in [0.5, 0.6) is 0 Å². The first-order chi connectivity index (χ1) is 11.0. The molecule has 0 unspecified atom stereocenters. The van der Waals surface area contributed by atoms with Crippen LogP contribution >= 0.6 is 11.8 Å². The Kier molecular flexibility index (Phi) is 6.77. The average molecular weight is 336 g/mol. The van der Waals surface area contributed by atoms with Crippen molar-refractivity contribution in [3.05, 3.63) is 34.9 Å². The highest BCUT2D eigenvalue weighted by Gasteiger charge is 2.18. The molecule has 23 heavy (non-hydrogen) atoms. The lowest BCUT2D eigenvalue weighted by Crippen LogP contribution is -2.42. The van der Waals surface area contributed by atoms with E-state index in [1.54, 1.807) is 16.7 Å². The van der Waals surface area contributed by atoms with Gasteiger partial charge in [0.1, 0.15) is 0 Å². The Bertz CT molecular complexity index is 543. The van der Waals surface area contributed by atoms with Crippen molar-refractivity contribution in [3.63, 3.8) is 0 Å². The number of cyclic esters (lactones) is 1. The van der Waals surface area contributed by atoms with Gasteiger partial charge >= 0.3 is 6.09 Å². The molecule has 1 saturated heterocycles. The fraction of sp³-hybridized carbons (Fsp3) is 0.529. The number of nitrogens with zero attached hydrogens (tertiary/aromatic N) is 1. The summed E-state index contributed by atoms with van der Waals surface area (Å²) in [4.78, 5) is 24.9. The van der Waals surface area contributed by atoms with Crippen LogP contribution in [0, 0.1) is 13.8 Å². The summed E-state index contributed by atoms with van der Waals surface area (Å²) in [5.74, 6) is 1.26. The van der Waals surface area contributed by atoms with E-state index < -0.39 is 0 Å². The van der Waals surface area contributed by atoms with Gasteiger partial charge in [-0.05, 0) is 25.8 Å². The van der Waals surface area contributed by atoms with Gasteiger partial charge in [0, 0.05) is 25.4 Å². The SMILES string of the molecule is Cc1cc(C)cc(CSCC(=O)NCCN2CCCOC2=O)c1. The minimum Gasteiger partial charge on any atom is -0.449 e. The molecule has 1 fully saturated rings. The van der Waals surface area contributed by atoms with Crippen LogP contribution in [0.3, 0.4) is 0 Å². The monoisotopic (exact) mass is 336 g/mol. The number of nitrogens with one attached hydrogen (secondary N) is 1. The molecule has 0 bridgehead atoms. The molecule has 1 aromatic carbocycles. The molecule has 0 saturated carbocycles. The Hall–Kier alpha value is -1.69. The van der Waals surface area contributed by atoms with Gasteiger partial charge in [-0.1, -0.05) is 29.3 Å². The summed E-state index contributed by atoms with van der Waals surface area (Å²) in [5.41, 5.74) is 3.74. The van der Waals surface area contributed by atoms with Crippen LogP contribution in [0.1, 0.15) is 23.1 Å². The minimum atomic E-state index is -0.283. The van der Waals surface area contributed by atoms with Gasteiger partial charge in [0.25, 0.3) is 0 Å². The van der Waals surface area contributed by atoms with Crippen LogP contribution in [0.25, 0.3) is 0 Å². The summed E-state index contributed by atoms with van der Waals surface area (Å²) in [7, 11) is 0. The molecule has 0 atom stereocenters. The number of carbonyl (C=O) groups is 2. The van der Waals surface area contributed by atoms with Gasteiger partial charge in [0.15, 0.2) is 0 Å². The Balaban J connectivity index is 1.62. The molecule has 1 heterocycles. The predicted molar refractivity (Wildman–Crippen MR) is 92.6 cm³/mol. The normalized spacial score (nSPS) is 14.5. The molecule has 0 radical (unpaired) electrons. The van der Waals surface area contributed by atoms with Crippen molar-refractivity contribution in [3.8, 4) is 0 Å². The molecule has 0 aromatic heterocycles. The van der Waals surface area contributed by atoms with Gasteiger partial charge in [-0.3, -0.25) is 4.79 Å². The molecule has 126 valence electrons. The van der Waals surface area contributed by atoms with Crippen molar-refractivity contribution in [2.75, 3.05) is 32.0 Å². The lowest BCUT2D eigenvalue weighted by atomic mass is 10.1. The quantitative estimate of drug-likeness (QED) is 0.831. The van der Waals surface area contributed by atoms with E-state index in [-0.39, 0.29) is 12.0 Å². The summed E-state index contributed by atoms with van der Waals surface area (Å²) in [6, 6.07) is 6.45. The maximum absolute atomic E-state index is 11.8. The molecule has 1 aromatic rings. The number of amides is 2. The van der Waals surface area contributed by atoms with Crippen molar-refractivity contribution in [2.45, 2.75) is 26.0 Å². The maximum atomic E-state index is 11.8. The van der Waals surface area contributed by atoms with E-state index in [1.807, 2.05) is 0 Å². The number of aryl methyl sites for hydroxylation is 2. The van der Waals surface area contributed by atoms with Gasteiger partial charge in [-0.2, -0.15) is 0 Å². The van der Waals surface area contributed by atoms with Crippen molar-refractivity contribution in [1.29, 1.82) is 0 Å². The van der Waals surface area contributed by atoms with E-state index in [0.717, 1.165) is 12.2 Å². The standard InChI is InChI=1S/C17H24N2O3S/c1-13-8-14(2)10-15(9-13)11-23-12-16(20)18-4-6-19-5-3-7-22-17(19)21/h8-10H,3-7,11-12H2,1-2H3,(H,18,20). The molecular weight excluding hydrogens is 312 g/mol. The summed E-state index contributed by atoms with van der Waals surface area (Å²) in [6.07, 6.45) is 0.570. The Morgan fingerprint density at radius 3 is 2.74 bits per heavy atom. The van der Waals surface area contributed by atoms with Crippen molar-refractivity contribution < 1.29 is 14.3 Å². The summed E-state index contributed by atoms with van der Waals surface area (Å²) >= 11 is 1.60. The Labute approximate surface area is 141 Å². The molecule has 0 spiro atoms. The van der Waals surface area contributed by atoms with Gasteiger partial charge in [-0.15, -0.1) is 11.8 Å². The molecule has 5 nitrogen and oxygen atoms in total. The zero-order chi connectivity index (χ0) is 16.7. The molecule has 2 amide bonds. The second-order valence-corrected chi connectivity index (χ2v) is 6.78. The highest BCUT2D eigenvalue weighted by Crippen LogP contribution is 2.15. The van der Waals surface area contributed by atoms with E-state index in [9.17, 15) is 9.59 Å². The van der Waals surface area contributed by atoms with Crippen LogP contribution in [-0.4, -0.2) is 48.9 Å². The Morgan fingerprint density at radius 1 is 1.30 bits per heavy atom. The van der Waals surface area contributed by atoms with Crippen LogP contribution in [0.4, 0.5) is 4.79 Å². The average Bonchev–Trinajstić information content (AvgIpc) is 2.48. The van der Waals surface area contributed by atoms with Crippen LogP contribution in [-0.2, 0) is 15.3 Å². The third-order valence-electron chi connectivity index (χ3n) is 3.54. The number of hydrogen-bond acceptors (Lipinski definition) is 4. The fourth-order valence-corrected chi connectivity index (χ4v) is 3.39. The first-order valence-electron chi connectivity index (χ1n) is 7.88. The summed E-state index contributed by atoms with van der Waals surface area (Å²) in [6.45, 7) is 6.34. The van der Waals surface area contributed by atoms with Crippen LogP contribution in [0.15, 0.2) is 18.2 Å². The minimum absolute atomic E-state index is 0.00440. The van der Waals surface area contributed by atoms with Gasteiger partial charge < -0.3 is 15.0 Å². The number of ether oxygens (including phenoxy) is 1. The third-order valence-corrected chi connectivity index (χ3v) is 4.55. The second kappa shape index (κ2) is 8.82. The molecule has 1 aliphatic heterocycles. The second-order valence-electron chi connectivity index (χ2n) is 5.79. The zero-order valence-corrected chi connectivity index (χ0v) is 14.6. The van der Waals surface area contributed by atoms with Crippen molar-refractivity contribution in [2.24, 2.45) is 0 Å². The molecule has 6 heteroatoms. The highest BCUT2D eigenvalue weighted by atomic mass is 32.2. The zero-order valence-electron chi connectivity index (χ0n) is 13.8. The number of benzene rings is 1. The fourth-order valence-electron chi connectivity index (χ4n) is 2.60. The molecule has 1 N–H and O–H groups in total. The molecular formula is C17H24N2O3S. The lowest BCUT2D eigenvalue weighted by molar-refractivity contribution is -0.118. The Morgan fingerprint density at radius 2 is 2.04 bits per heavy atom. The van der Waals surface area contributed by atoms with Gasteiger partial charge in [0.2, 0.25) is 5.91 Å². The van der Waals surface area contributed by atoms with E-state index in [4.69, 9.17) is 4.74 Å². The molecule has 0 aliphatic carbocycles. The van der Waals surface area contributed by atoms with E-state index >= 15 is 0 Å². The smallest absolute Gasteiger partial charge is 0.409 e. The molecule has 1 aliphatic rings. The van der Waals surface area contributed by atoms with E-state index in [0.29, 0.717) is 32.0 Å². The first kappa shape index (κ1) is 17.7. The van der Waals surface area contributed by atoms with Crippen LogP contribution in [0.2, 0.25) is 0 Å². The topological polar surface area (TPSA) is 58.6 Å². The number of rotatable bonds is 7. The van der Waals surface area contributed by atoms with E-state index in [1.165, 1.54) is 16.7 Å². The number of thioether (sulfide) groups is 1. The predicted octanol–water partition coefficient (Wildman–Crippen LogP) is 2.50. The largest absolute Gasteiger partial charge is 0.449 e. The summed E-state index contributed by atoms with van der Waals surface area (Å²) < 4.78 is 4.95.